The molecule has 104 valence electrons. The van der Waals surface area contributed by atoms with Gasteiger partial charge in [0.15, 0.2) is 0 Å². The van der Waals surface area contributed by atoms with Gasteiger partial charge in [0.05, 0.1) is 7.11 Å². The quantitative estimate of drug-likeness (QED) is 0.226. The van der Waals surface area contributed by atoms with E-state index in [1.54, 1.807) is 0 Å². The van der Waals surface area contributed by atoms with Gasteiger partial charge in [-0.2, -0.15) is 0 Å². The molecule has 1 unspecified atom stereocenters. The van der Waals surface area contributed by atoms with E-state index in [4.69, 9.17) is 10.3 Å². The van der Waals surface area contributed by atoms with E-state index in [-0.39, 0.29) is 5.97 Å². The first-order valence-corrected chi connectivity index (χ1v) is 6.30. The second-order valence-corrected chi connectivity index (χ2v) is 4.99. The van der Waals surface area contributed by atoms with Crippen LogP contribution in [0.25, 0.3) is 10.4 Å². The molecule has 18 heavy (non-hydrogen) atoms. The predicted molar refractivity (Wildman–Crippen MR) is 71.1 cm³/mol. The van der Waals surface area contributed by atoms with Gasteiger partial charge in [-0.15, -0.1) is 0 Å². The second-order valence-electron chi connectivity index (χ2n) is 4.99. The van der Waals surface area contributed by atoms with Gasteiger partial charge in [0.1, 0.15) is 5.54 Å². The number of carbonyl (C=O) groups excluding carboxylic acids is 1. The van der Waals surface area contributed by atoms with E-state index in [1.807, 2.05) is 6.92 Å². The van der Waals surface area contributed by atoms with Crippen LogP contribution >= 0.6 is 0 Å². The Bertz CT molecular complexity index is 300. The number of nitrogens with zero attached hydrogens (tertiary/aromatic N) is 3. The molecule has 1 atom stereocenters. The molecule has 0 heterocycles. The third-order valence-electron chi connectivity index (χ3n) is 2.87. The van der Waals surface area contributed by atoms with Crippen LogP contribution in [0.3, 0.4) is 0 Å². The lowest BCUT2D eigenvalue weighted by Crippen LogP contribution is -2.50. The first kappa shape index (κ1) is 16.7. The van der Waals surface area contributed by atoms with Crippen LogP contribution in [-0.4, -0.2) is 31.7 Å². The Hall–Kier alpha value is -1.26. The average Bonchev–Trinajstić information content (AvgIpc) is 2.35. The number of hydrogen-bond acceptors (Lipinski definition) is 4. The fourth-order valence-electron chi connectivity index (χ4n) is 1.62. The molecule has 0 saturated heterocycles. The molecule has 0 spiro atoms. The summed E-state index contributed by atoms with van der Waals surface area (Å²) in [6.45, 7) is 7.17. The van der Waals surface area contributed by atoms with Crippen molar-refractivity contribution < 1.29 is 9.53 Å². The van der Waals surface area contributed by atoms with E-state index < -0.39 is 5.54 Å². The van der Waals surface area contributed by atoms with Crippen molar-refractivity contribution in [2.45, 2.75) is 45.6 Å². The van der Waals surface area contributed by atoms with Crippen molar-refractivity contribution in [1.82, 2.24) is 5.32 Å². The summed E-state index contributed by atoms with van der Waals surface area (Å²) < 4.78 is 4.84. The zero-order valence-electron chi connectivity index (χ0n) is 11.8. The van der Waals surface area contributed by atoms with E-state index >= 15 is 0 Å². The monoisotopic (exact) mass is 256 g/mol. The molecule has 0 saturated carbocycles. The number of rotatable bonds is 9. The summed E-state index contributed by atoms with van der Waals surface area (Å²) in [6.07, 6.45) is 2.39. The topological polar surface area (TPSA) is 87.1 Å². The van der Waals surface area contributed by atoms with Gasteiger partial charge in [0.2, 0.25) is 0 Å². The van der Waals surface area contributed by atoms with Crippen LogP contribution in [0.15, 0.2) is 5.11 Å². The van der Waals surface area contributed by atoms with Crippen LogP contribution in [0, 0.1) is 5.92 Å². The number of carbonyl (C=O) groups is 1. The first-order chi connectivity index (χ1) is 8.46. The SMILES string of the molecule is COC(=O)C(C)(CCC(C)C)NCCCN=[N+]=[N-]. The molecule has 0 aliphatic carbocycles. The van der Waals surface area contributed by atoms with E-state index in [2.05, 4.69) is 29.2 Å². The van der Waals surface area contributed by atoms with Crippen LogP contribution in [0.1, 0.15) is 40.0 Å². The van der Waals surface area contributed by atoms with Crippen molar-refractivity contribution >= 4 is 5.97 Å². The summed E-state index contributed by atoms with van der Waals surface area (Å²) in [6, 6.07) is 0. The predicted octanol–water partition coefficient (Wildman–Crippen LogP) is 2.64. The second kappa shape index (κ2) is 8.78. The molecular weight excluding hydrogens is 232 g/mol. The summed E-state index contributed by atoms with van der Waals surface area (Å²) in [7, 11) is 1.40. The number of nitrogens with one attached hydrogen (secondary N) is 1. The molecule has 0 aliphatic heterocycles. The molecule has 0 aliphatic rings. The minimum absolute atomic E-state index is 0.244. The standard InChI is InChI=1S/C12H24N4O2/c1-10(2)6-7-12(3,11(17)18-4)14-8-5-9-15-16-13/h10,14H,5-9H2,1-4H3. The van der Waals surface area contributed by atoms with Crippen LogP contribution in [0.5, 0.6) is 0 Å². The Kier molecular flexibility index (Phi) is 8.16. The maximum absolute atomic E-state index is 11.8. The van der Waals surface area contributed by atoms with Crippen molar-refractivity contribution in [3.05, 3.63) is 10.4 Å². The van der Waals surface area contributed by atoms with Crippen LogP contribution < -0.4 is 5.32 Å². The van der Waals surface area contributed by atoms with Gasteiger partial charge in [-0.1, -0.05) is 19.0 Å². The highest BCUT2D eigenvalue weighted by atomic mass is 16.5. The minimum Gasteiger partial charge on any atom is -0.468 e. The van der Waals surface area contributed by atoms with Gasteiger partial charge >= 0.3 is 5.97 Å². The Morgan fingerprint density at radius 2 is 2.22 bits per heavy atom. The first-order valence-electron chi connectivity index (χ1n) is 6.30. The smallest absolute Gasteiger partial charge is 0.325 e. The lowest BCUT2D eigenvalue weighted by atomic mass is 9.92. The summed E-state index contributed by atoms with van der Waals surface area (Å²) in [5.74, 6) is 0.297. The molecule has 0 rings (SSSR count). The van der Waals surface area contributed by atoms with E-state index in [0.717, 1.165) is 12.8 Å². The highest BCUT2D eigenvalue weighted by Gasteiger charge is 2.33. The highest BCUT2D eigenvalue weighted by Crippen LogP contribution is 2.18. The molecule has 0 amide bonds. The van der Waals surface area contributed by atoms with Crippen molar-refractivity contribution in [3.8, 4) is 0 Å². The molecule has 0 fully saturated rings. The van der Waals surface area contributed by atoms with Crippen LogP contribution in [0.2, 0.25) is 0 Å². The maximum atomic E-state index is 11.8. The maximum Gasteiger partial charge on any atom is 0.325 e. The summed E-state index contributed by atoms with van der Waals surface area (Å²) >= 11 is 0. The third-order valence-corrected chi connectivity index (χ3v) is 2.87. The number of hydrogen-bond donors (Lipinski definition) is 1. The Labute approximate surface area is 109 Å². The number of ether oxygens (including phenoxy) is 1. The van der Waals surface area contributed by atoms with Crippen LogP contribution in [-0.2, 0) is 9.53 Å². The van der Waals surface area contributed by atoms with Gasteiger partial charge in [-0.3, -0.25) is 4.79 Å². The molecule has 0 aromatic carbocycles. The van der Waals surface area contributed by atoms with Gasteiger partial charge < -0.3 is 10.1 Å². The number of esters is 1. The highest BCUT2D eigenvalue weighted by molar-refractivity contribution is 5.80. The van der Waals surface area contributed by atoms with Crippen molar-refractivity contribution in [2.24, 2.45) is 11.0 Å². The van der Waals surface area contributed by atoms with Gasteiger partial charge in [0.25, 0.3) is 0 Å². The fourth-order valence-corrected chi connectivity index (χ4v) is 1.62. The molecule has 0 aromatic rings. The lowest BCUT2D eigenvalue weighted by Gasteiger charge is -2.28. The normalized spacial score (nSPS) is 13.8. The van der Waals surface area contributed by atoms with Crippen molar-refractivity contribution in [2.75, 3.05) is 20.2 Å². The Morgan fingerprint density at radius 1 is 1.56 bits per heavy atom. The largest absolute Gasteiger partial charge is 0.468 e. The van der Waals surface area contributed by atoms with Crippen molar-refractivity contribution in [1.29, 1.82) is 0 Å². The van der Waals surface area contributed by atoms with Gasteiger partial charge in [-0.05, 0) is 44.2 Å². The Morgan fingerprint density at radius 3 is 2.72 bits per heavy atom. The average molecular weight is 256 g/mol. The van der Waals surface area contributed by atoms with E-state index in [9.17, 15) is 4.79 Å². The molecule has 0 bridgehead atoms. The summed E-state index contributed by atoms with van der Waals surface area (Å²) in [5.41, 5.74) is 7.50. The zero-order valence-corrected chi connectivity index (χ0v) is 11.8. The number of methoxy groups -OCH3 is 1. The third kappa shape index (κ3) is 6.47. The molecule has 0 radical (unpaired) electrons. The Balaban J connectivity index is 4.28. The molecule has 0 aromatic heterocycles. The molecule has 6 heteroatoms. The fraction of sp³-hybridized carbons (Fsp3) is 0.917. The molecular formula is C12H24N4O2. The van der Waals surface area contributed by atoms with Gasteiger partial charge in [-0.25, -0.2) is 0 Å². The van der Waals surface area contributed by atoms with E-state index in [1.165, 1.54) is 7.11 Å². The van der Waals surface area contributed by atoms with Crippen molar-refractivity contribution in [3.63, 3.8) is 0 Å². The number of azide groups is 1. The lowest BCUT2D eigenvalue weighted by molar-refractivity contribution is -0.148. The zero-order chi connectivity index (χ0) is 14.0. The van der Waals surface area contributed by atoms with E-state index in [0.29, 0.717) is 25.4 Å². The molecule has 6 nitrogen and oxygen atoms in total. The van der Waals surface area contributed by atoms with Crippen LogP contribution in [0.4, 0.5) is 0 Å². The molecule has 1 N–H and O–H groups in total. The van der Waals surface area contributed by atoms with Gasteiger partial charge in [0, 0.05) is 11.5 Å². The summed E-state index contributed by atoms with van der Waals surface area (Å²) in [5, 5.41) is 6.66. The summed E-state index contributed by atoms with van der Waals surface area (Å²) in [4.78, 5) is 14.5. The minimum atomic E-state index is -0.657.